The average molecular weight is 296 g/mol. The molecule has 1 heterocycles. The van der Waals surface area contributed by atoms with Crippen molar-refractivity contribution in [3.05, 3.63) is 76.6 Å². The molecule has 0 aliphatic carbocycles. The molecule has 6 heteroatoms. The van der Waals surface area contributed by atoms with Crippen molar-refractivity contribution in [2.75, 3.05) is 0 Å². The summed E-state index contributed by atoms with van der Waals surface area (Å²) in [4.78, 5) is 16.0. The third-order valence-corrected chi connectivity index (χ3v) is 3.12. The van der Waals surface area contributed by atoms with E-state index < -0.39 is 11.2 Å². The first-order chi connectivity index (χ1) is 10.6. The van der Waals surface area contributed by atoms with E-state index in [1.807, 2.05) is 18.2 Å². The molecule has 110 valence electrons. The van der Waals surface area contributed by atoms with Crippen LogP contribution in [0.15, 0.2) is 65.3 Å². The van der Waals surface area contributed by atoms with Crippen molar-refractivity contribution in [3.63, 3.8) is 0 Å². The maximum Gasteiger partial charge on any atom is 0.363 e. The van der Waals surface area contributed by atoms with Gasteiger partial charge in [0.15, 0.2) is 11.4 Å². The highest BCUT2D eigenvalue weighted by Gasteiger charge is 2.24. The number of quaternary nitrogens is 1. The Labute approximate surface area is 126 Å². The largest absolute Gasteiger partial charge is 0.595 e. The fraction of sp³-hybridized carbons (Fsp3) is 0. The zero-order valence-corrected chi connectivity index (χ0v) is 11.4. The first-order valence-electron chi connectivity index (χ1n) is 6.55. The molecular formula is C16H12N2O4. The Morgan fingerprint density at radius 1 is 1.09 bits per heavy atom. The van der Waals surface area contributed by atoms with Crippen LogP contribution in [0.1, 0.15) is 11.1 Å². The highest BCUT2D eigenvalue weighted by Crippen LogP contribution is 2.21. The summed E-state index contributed by atoms with van der Waals surface area (Å²) in [6.07, 6.45) is 1.42. The third kappa shape index (κ3) is 2.79. The van der Waals surface area contributed by atoms with E-state index >= 15 is 0 Å². The zero-order chi connectivity index (χ0) is 15.5. The van der Waals surface area contributed by atoms with Crippen molar-refractivity contribution < 1.29 is 20.0 Å². The van der Waals surface area contributed by atoms with Crippen LogP contribution in [-0.4, -0.2) is 17.1 Å². The molecule has 1 unspecified atom stereocenters. The number of cyclic esters (lactones) is 1. The van der Waals surface area contributed by atoms with Crippen molar-refractivity contribution in [1.29, 1.82) is 0 Å². The molecule has 0 amide bonds. The molecule has 0 saturated heterocycles. The number of nitrogens with zero attached hydrogens (tertiary/aromatic N) is 1. The van der Waals surface area contributed by atoms with Gasteiger partial charge in [0.05, 0.1) is 0 Å². The van der Waals surface area contributed by atoms with Gasteiger partial charge in [-0.2, -0.15) is 5.23 Å². The number of esters is 1. The minimum atomic E-state index is -1.06. The monoisotopic (exact) mass is 296 g/mol. The Balaban J connectivity index is 1.98. The lowest BCUT2D eigenvalue weighted by Gasteiger charge is -2.13. The SMILES string of the molecule is O=C1OC(c2ccccc2)=NC1=Cc1ccccc1[NH+]([O-])O. The number of para-hydroxylation sites is 1. The maximum atomic E-state index is 11.9. The van der Waals surface area contributed by atoms with Crippen molar-refractivity contribution in [2.24, 2.45) is 4.99 Å². The van der Waals surface area contributed by atoms with Crippen LogP contribution in [0.4, 0.5) is 5.69 Å². The Kier molecular flexibility index (Phi) is 3.80. The summed E-state index contributed by atoms with van der Waals surface area (Å²) in [5.74, 6) is -0.385. The van der Waals surface area contributed by atoms with E-state index in [0.717, 1.165) is 0 Å². The van der Waals surface area contributed by atoms with Crippen molar-refractivity contribution in [1.82, 2.24) is 0 Å². The summed E-state index contributed by atoms with van der Waals surface area (Å²) in [6.45, 7) is 0. The van der Waals surface area contributed by atoms with Gasteiger partial charge in [-0.3, -0.25) is 0 Å². The Morgan fingerprint density at radius 3 is 2.50 bits per heavy atom. The molecule has 2 N–H and O–H groups in total. The van der Waals surface area contributed by atoms with Crippen LogP contribution in [0.2, 0.25) is 0 Å². The smallest absolute Gasteiger partial charge is 0.363 e. The molecule has 2 aromatic rings. The fourth-order valence-corrected chi connectivity index (χ4v) is 2.08. The molecule has 1 aliphatic heterocycles. The Morgan fingerprint density at radius 2 is 1.77 bits per heavy atom. The minimum absolute atomic E-state index is 0.0764. The number of rotatable bonds is 3. The first-order valence-corrected chi connectivity index (χ1v) is 6.55. The maximum absolute atomic E-state index is 11.9. The second-order valence-corrected chi connectivity index (χ2v) is 4.59. The second kappa shape index (κ2) is 5.90. The quantitative estimate of drug-likeness (QED) is 0.510. The topological polar surface area (TPSA) is 86.4 Å². The highest BCUT2D eigenvalue weighted by molar-refractivity contribution is 6.12. The van der Waals surface area contributed by atoms with Crippen LogP contribution >= 0.6 is 0 Å². The predicted molar refractivity (Wildman–Crippen MR) is 79.3 cm³/mol. The van der Waals surface area contributed by atoms with Gasteiger partial charge < -0.3 is 9.94 Å². The summed E-state index contributed by atoms with van der Waals surface area (Å²) < 4.78 is 5.13. The molecule has 0 bridgehead atoms. The lowest BCUT2D eigenvalue weighted by Crippen LogP contribution is -2.99. The molecule has 0 radical (unpaired) electrons. The van der Waals surface area contributed by atoms with Gasteiger partial charge in [0.2, 0.25) is 5.90 Å². The van der Waals surface area contributed by atoms with Crippen molar-refractivity contribution in [2.45, 2.75) is 0 Å². The molecule has 6 nitrogen and oxygen atoms in total. The van der Waals surface area contributed by atoms with E-state index in [-0.39, 0.29) is 17.3 Å². The summed E-state index contributed by atoms with van der Waals surface area (Å²) in [7, 11) is 0. The van der Waals surface area contributed by atoms with Crippen LogP contribution in [0.3, 0.4) is 0 Å². The van der Waals surface area contributed by atoms with Gasteiger partial charge in [-0.05, 0) is 24.3 Å². The lowest BCUT2D eigenvalue weighted by atomic mass is 10.1. The number of benzene rings is 2. The summed E-state index contributed by atoms with van der Waals surface area (Å²) >= 11 is 0. The predicted octanol–water partition coefficient (Wildman–Crippen LogP) is 1.43. The van der Waals surface area contributed by atoms with E-state index in [1.165, 1.54) is 12.1 Å². The second-order valence-electron chi connectivity index (χ2n) is 4.59. The van der Waals surface area contributed by atoms with Gasteiger partial charge in [0.25, 0.3) is 0 Å². The molecule has 0 saturated carbocycles. The molecule has 0 spiro atoms. The minimum Gasteiger partial charge on any atom is -0.595 e. The summed E-state index contributed by atoms with van der Waals surface area (Å²) in [5.41, 5.74) is 1.27. The average Bonchev–Trinajstić information content (AvgIpc) is 2.90. The van der Waals surface area contributed by atoms with E-state index in [4.69, 9.17) is 9.94 Å². The number of carbonyl (C=O) groups excluding carboxylic acids is 1. The molecule has 3 rings (SSSR count). The number of aliphatic imine (C=N–C) groups is 1. The van der Waals surface area contributed by atoms with Gasteiger partial charge >= 0.3 is 5.97 Å². The van der Waals surface area contributed by atoms with Crippen molar-refractivity contribution in [3.8, 4) is 0 Å². The number of hydrogen-bond donors (Lipinski definition) is 2. The molecule has 22 heavy (non-hydrogen) atoms. The molecule has 2 aromatic carbocycles. The van der Waals surface area contributed by atoms with Gasteiger partial charge in [0.1, 0.15) is 0 Å². The van der Waals surface area contributed by atoms with Gasteiger partial charge in [-0.1, -0.05) is 30.3 Å². The number of ether oxygens (including phenoxy) is 1. The van der Waals surface area contributed by atoms with Crippen LogP contribution < -0.4 is 5.23 Å². The van der Waals surface area contributed by atoms with Gasteiger partial charge in [-0.25, -0.2) is 15.0 Å². The van der Waals surface area contributed by atoms with Crippen molar-refractivity contribution >= 4 is 23.6 Å². The van der Waals surface area contributed by atoms with E-state index in [9.17, 15) is 10.0 Å². The standard InChI is InChI=1S/C16H12N2O4/c19-16-13(10-12-8-4-5-9-14(12)18(20)21)17-15(22-16)11-6-2-1-3-7-11/h1-10,18,20H. The highest BCUT2D eigenvalue weighted by atomic mass is 16.8. The Bertz CT molecular complexity index is 767. The van der Waals surface area contributed by atoms with Crippen LogP contribution in [0.5, 0.6) is 0 Å². The Hall–Kier alpha value is -2.80. The first kappa shape index (κ1) is 14.2. The number of carbonyl (C=O) groups is 1. The lowest BCUT2D eigenvalue weighted by molar-refractivity contribution is -0.991. The fourth-order valence-electron chi connectivity index (χ4n) is 2.08. The summed E-state index contributed by atoms with van der Waals surface area (Å²) in [5, 5.41) is 19.3. The molecular weight excluding hydrogens is 284 g/mol. The molecule has 0 fully saturated rings. The molecule has 1 atom stereocenters. The molecule has 0 aromatic heterocycles. The van der Waals surface area contributed by atoms with Gasteiger partial charge in [0, 0.05) is 17.2 Å². The number of nitrogens with one attached hydrogen (secondary N) is 1. The van der Waals surface area contributed by atoms with E-state index in [0.29, 0.717) is 11.1 Å². The van der Waals surface area contributed by atoms with Crippen LogP contribution in [0, 0.1) is 5.21 Å². The van der Waals surface area contributed by atoms with E-state index in [2.05, 4.69) is 4.99 Å². The van der Waals surface area contributed by atoms with Gasteiger partial charge in [-0.15, -0.1) is 0 Å². The molecule has 1 aliphatic rings. The van der Waals surface area contributed by atoms with Crippen LogP contribution in [-0.2, 0) is 9.53 Å². The zero-order valence-electron chi connectivity index (χ0n) is 11.4. The van der Waals surface area contributed by atoms with E-state index in [1.54, 1.807) is 30.3 Å². The third-order valence-electron chi connectivity index (χ3n) is 3.12. The van der Waals surface area contributed by atoms with Crippen LogP contribution in [0.25, 0.3) is 6.08 Å². The summed E-state index contributed by atoms with van der Waals surface area (Å²) in [6, 6.07) is 15.4. The number of hydrogen-bond acceptors (Lipinski definition) is 5. The normalized spacial score (nSPS) is 17.3.